The van der Waals surface area contributed by atoms with Gasteiger partial charge in [-0.3, -0.25) is 0 Å². The van der Waals surface area contributed by atoms with Crippen LogP contribution in [0, 0.1) is 5.92 Å². The Kier molecular flexibility index (Phi) is 3.74. The molecular weight excluding hydrogens is 192 g/mol. The Morgan fingerprint density at radius 1 is 1.50 bits per heavy atom. The SMILES string of the molecule is CN1CCSCC1C(N)CC1CCC1. The van der Waals surface area contributed by atoms with E-state index in [4.69, 9.17) is 5.73 Å². The molecule has 0 spiro atoms. The molecule has 1 aliphatic carbocycles. The summed E-state index contributed by atoms with van der Waals surface area (Å²) in [6.07, 6.45) is 5.55. The molecule has 2 rings (SSSR count). The van der Waals surface area contributed by atoms with E-state index in [1.807, 2.05) is 0 Å². The van der Waals surface area contributed by atoms with Crippen molar-refractivity contribution in [3.63, 3.8) is 0 Å². The van der Waals surface area contributed by atoms with E-state index in [9.17, 15) is 0 Å². The lowest BCUT2D eigenvalue weighted by Crippen LogP contribution is -2.51. The summed E-state index contributed by atoms with van der Waals surface area (Å²) in [4.78, 5) is 2.46. The van der Waals surface area contributed by atoms with Crippen molar-refractivity contribution >= 4 is 11.8 Å². The highest BCUT2D eigenvalue weighted by Crippen LogP contribution is 2.31. The maximum atomic E-state index is 6.29. The Morgan fingerprint density at radius 3 is 2.86 bits per heavy atom. The second-order valence-corrected chi connectivity index (χ2v) is 5.97. The van der Waals surface area contributed by atoms with Crippen LogP contribution in [-0.2, 0) is 0 Å². The van der Waals surface area contributed by atoms with Crippen LogP contribution in [0.25, 0.3) is 0 Å². The van der Waals surface area contributed by atoms with E-state index < -0.39 is 0 Å². The molecule has 2 fully saturated rings. The Bertz CT molecular complexity index is 182. The summed E-state index contributed by atoms with van der Waals surface area (Å²) in [6.45, 7) is 1.22. The molecule has 1 saturated carbocycles. The van der Waals surface area contributed by atoms with Crippen molar-refractivity contribution in [1.29, 1.82) is 0 Å². The molecule has 14 heavy (non-hydrogen) atoms. The van der Waals surface area contributed by atoms with Crippen LogP contribution in [0.4, 0.5) is 0 Å². The highest BCUT2D eigenvalue weighted by molar-refractivity contribution is 7.99. The largest absolute Gasteiger partial charge is 0.326 e. The van der Waals surface area contributed by atoms with Crippen LogP contribution in [0.1, 0.15) is 25.7 Å². The van der Waals surface area contributed by atoms with Gasteiger partial charge in [0.2, 0.25) is 0 Å². The highest BCUT2D eigenvalue weighted by atomic mass is 32.2. The molecule has 0 aromatic heterocycles. The van der Waals surface area contributed by atoms with Crippen molar-refractivity contribution in [1.82, 2.24) is 4.90 Å². The summed E-state index contributed by atoms with van der Waals surface area (Å²) < 4.78 is 0. The number of nitrogens with two attached hydrogens (primary N) is 1. The summed E-state index contributed by atoms with van der Waals surface area (Å²) in [7, 11) is 2.23. The van der Waals surface area contributed by atoms with Crippen molar-refractivity contribution in [2.24, 2.45) is 11.7 Å². The lowest BCUT2D eigenvalue weighted by molar-refractivity contribution is 0.191. The standard InChI is InChI=1S/C11H22N2S/c1-13-5-6-14-8-11(13)10(12)7-9-3-2-4-9/h9-11H,2-8,12H2,1H3. The summed E-state index contributed by atoms with van der Waals surface area (Å²) in [5, 5.41) is 0. The molecule has 1 aliphatic heterocycles. The molecule has 2 aliphatic rings. The lowest BCUT2D eigenvalue weighted by atomic mass is 9.80. The van der Waals surface area contributed by atoms with E-state index in [0.717, 1.165) is 5.92 Å². The average Bonchev–Trinajstić information content (AvgIpc) is 2.12. The van der Waals surface area contributed by atoms with Crippen molar-refractivity contribution in [3.05, 3.63) is 0 Å². The third kappa shape index (κ3) is 2.44. The van der Waals surface area contributed by atoms with Crippen molar-refractivity contribution in [2.75, 3.05) is 25.1 Å². The molecule has 1 heterocycles. The minimum atomic E-state index is 0.415. The first kappa shape index (κ1) is 10.8. The van der Waals surface area contributed by atoms with Crippen LogP contribution < -0.4 is 5.73 Å². The number of thioether (sulfide) groups is 1. The number of rotatable bonds is 3. The summed E-state index contributed by atoms with van der Waals surface area (Å²) in [5.74, 6) is 3.47. The van der Waals surface area contributed by atoms with Gasteiger partial charge in [-0.1, -0.05) is 19.3 Å². The first-order valence-electron chi connectivity index (χ1n) is 5.81. The van der Waals surface area contributed by atoms with Gasteiger partial charge in [0.25, 0.3) is 0 Å². The number of hydrogen-bond acceptors (Lipinski definition) is 3. The molecule has 0 bridgehead atoms. The average molecular weight is 214 g/mol. The third-order valence-electron chi connectivity index (χ3n) is 3.77. The number of likely N-dealkylation sites (N-methyl/N-ethyl adjacent to an activating group) is 1. The van der Waals surface area contributed by atoms with Crippen LogP contribution in [0.15, 0.2) is 0 Å². The minimum absolute atomic E-state index is 0.415. The smallest absolute Gasteiger partial charge is 0.0335 e. The fourth-order valence-corrected chi connectivity index (χ4v) is 3.75. The van der Waals surface area contributed by atoms with Gasteiger partial charge >= 0.3 is 0 Å². The Morgan fingerprint density at radius 2 is 2.29 bits per heavy atom. The van der Waals surface area contributed by atoms with E-state index in [1.54, 1.807) is 0 Å². The predicted octanol–water partition coefficient (Wildman–Crippen LogP) is 1.55. The Hall–Kier alpha value is 0.270. The van der Waals surface area contributed by atoms with Gasteiger partial charge in [-0.05, 0) is 19.4 Å². The van der Waals surface area contributed by atoms with Crippen LogP contribution in [0.2, 0.25) is 0 Å². The molecule has 0 aromatic carbocycles. The van der Waals surface area contributed by atoms with E-state index in [1.165, 1.54) is 43.7 Å². The molecule has 0 radical (unpaired) electrons. The summed E-state index contributed by atoms with van der Waals surface area (Å²) >= 11 is 2.07. The molecule has 0 amide bonds. The second-order valence-electron chi connectivity index (χ2n) is 4.82. The quantitative estimate of drug-likeness (QED) is 0.773. The van der Waals surface area contributed by atoms with E-state index in [-0.39, 0.29) is 0 Å². The van der Waals surface area contributed by atoms with Crippen molar-refractivity contribution < 1.29 is 0 Å². The van der Waals surface area contributed by atoms with Gasteiger partial charge in [0, 0.05) is 30.1 Å². The van der Waals surface area contributed by atoms with Gasteiger partial charge in [0.1, 0.15) is 0 Å². The van der Waals surface area contributed by atoms with Crippen LogP contribution >= 0.6 is 11.8 Å². The topological polar surface area (TPSA) is 29.3 Å². The number of hydrogen-bond donors (Lipinski definition) is 1. The zero-order chi connectivity index (χ0) is 9.97. The first-order chi connectivity index (χ1) is 6.77. The highest BCUT2D eigenvalue weighted by Gasteiger charge is 2.29. The van der Waals surface area contributed by atoms with E-state index in [0.29, 0.717) is 12.1 Å². The van der Waals surface area contributed by atoms with Crippen LogP contribution in [-0.4, -0.2) is 42.1 Å². The van der Waals surface area contributed by atoms with Gasteiger partial charge in [-0.15, -0.1) is 0 Å². The molecule has 2 nitrogen and oxygen atoms in total. The van der Waals surface area contributed by atoms with Gasteiger partial charge in [0.15, 0.2) is 0 Å². The molecular formula is C11H22N2S. The van der Waals surface area contributed by atoms with Crippen LogP contribution in [0.3, 0.4) is 0 Å². The van der Waals surface area contributed by atoms with Crippen molar-refractivity contribution in [2.45, 2.75) is 37.8 Å². The predicted molar refractivity (Wildman–Crippen MR) is 63.7 cm³/mol. The second kappa shape index (κ2) is 4.86. The van der Waals surface area contributed by atoms with Gasteiger partial charge < -0.3 is 10.6 Å². The minimum Gasteiger partial charge on any atom is -0.326 e. The molecule has 1 saturated heterocycles. The zero-order valence-electron chi connectivity index (χ0n) is 9.11. The molecule has 2 unspecified atom stereocenters. The fraction of sp³-hybridized carbons (Fsp3) is 1.00. The molecule has 3 heteroatoms. The maximum absolute atomic E-state index is 6.29. The van der Waals surface area contributed by atoms with Gasteiger partial charge in [0.05, 0.1) is 0 Å². The molecule has 2 N–H and O–H groups in total. The van der Waals surface area contributed by atoms with Gasteiger partial charge in [-0.2, -0.15) is 11.8 Å². The lowest BCUT2D eigenvalue weighted by Gasteiger charge is -2.38. The molecule has 2 atom stereocenters. The molecule has 82 valence electrons. The molecule has 0 aromatic rings. The monoisotopic (exact) mass is 214 g/mol. The van der Waals surface area contributed by atoms with Crippen LogP contribution in [0.5, 0.6) is 0 Å². The van der Waals surface area contributed by atoms with E-state index >= 15 is 0 Å². The van der Waals surface area contributed by atoms with E-state index in [2.05, 4.69) is 23.7 Å². The van der Waals surface area contributed by atoms with Gasteiger partial charge in [-0.25, -0.2) is 0 Å². The fourth-order valence-electron chi connectivity index (χ4n) is 2.43. The summed E-state index contributed by atoms with van der Waals surface area (Å²) in [5.41, 5.74) is 6.29. The third-order valence-corrected chi connectivity index (χ3v) is 4.82. The van der Waals surface area contributed by atoms with Crippen molar-refractivity contribution in [3.8, 4) is 0 Å². The maximum Gasteiger partial charge on any atom is 0.0335 e. The zero-order valence-corrected chi connectivity index (χ0v) is 9.93. The Balaban J connectivity index is 1.79. The normalized spacial score (nSPS) is 32.6. The summed E-state index contributed by atoms with van der Waals surface area (Å²) in [6, 6.07) is 1.05. The Labute approximate surface area is 91.6 Å². The number of nitrogens with zero attached hydrogens (tertiary/aromatic N) is 1. The first-order valence-corrected chi connectivity index (χ1v) is 6.96.